The van der Waals surface area contributed by atoms with Crippen LogP contribution in [0.4, 0.5) is 8.78 Å². The number of amides is 2. The van der Waals surface area contributed by atoms with Gasteiger partial charge in [-0.1, -0.05) is 17.7 Å². The Morgan fingerprint density at radius 3 is 2.24 bits per heavy atom. The van der Waals surface area contributed by atoms with Crippen LogP contribution in [0.25, 0.3) is 0 Å². The number of carbonyl (C=O) groups excluding carboxylic acids is 2. The summed E-state index contributed by atoms with van der Waals surface area (Å²) < 4.78 is 33.3. The molecule has 2 aliphatic rings. The maximum absolute atomic E-state index is 13.6. The number of benzene rings is 2. The SMILES string of the molecule is O=C(CC1(COc2cccc(Cl)c2)CCN(C(=O)c2cc(F)cc(F)c2)CC1)N1CCCCC1. The minimum Gasteiger partial charge on any atom is -0.493 e. The number of piperidine rings is 2. The molecule has 2 amide bonds. The van der Waals surface area contributed by atoms with E-state index in [-0.39, 0.29) is 11.5 Å². The average molecular weight is 491 g/mol. The summed E-state index contributed by atoms with van der Waals surface area (Å²) in [6.45, 7) is 2.63. The van der Waals surface area contributed by atoms with Crippen molar-refractivity contribution in [3.8, 4) is 5.75 Å². The van der Waals surface area contributed by atoms with Crippen molar-refractivity contribution in [2.45, 2.75) is 38.5 Å². The summed E-state index contributed by atoms with van der Waals surface area (Å²) >= 11 is 6.08. The second-order valence-electron chi connectivity index (χ2n) is 9.31. The van der Waals surface area contributed by atoms with E-state index >= 15 is 0 Å². The third kappa shape index (κ3) is 6.06. The number of carbonyl (C=O) groups is 2. The van der Waals surface area contributed by atoms with Crippen LogP contribution < -0.4 is 4.74 Å². The average Bonchev–Trinajstić information content (AvgIpc) is 2.83. The molecule has 2 aromatic carbocycles. The summed E-state index contributed by atoms with van der Waals surface area (Å²) in [6.07, 6.45) is 4.62. The molecule has 34 heavy (non-hydrogen) atoms. The minimum atomic E-state index is -0.781. The van der Waals surface area contributed by atoms with Gasteiger partial charge >= 0.3 is 0 Å². The lowest BCUT2D eigenvalue weighted by atomic mass is 9.75. The zero-order chi connectivity index (χ0) is 24.1. The van der Waals surface area contributed by atoms with Gasteiger partial charge in [0.25, 0.3) is 5.91 Å². The molecule has 0 aliphatic carbocycles. The lowest BCUT2D eigenvalue weighted by molar-refractivity contribution is -0.136. The fraction of sp³-hybridized carbons (Fsp3) is 0.462. The molecule has 2 aliphatic heterocycles. The molecule has 0 N–H and O–H groups in total. The van der Waals surface area contributed by atoms with E-state index in [0.717, 1.165) is 50.6 Å². The van der Waals surface area contributed by atoms with Gasteiger partial charge in [-0.05, 0) is 62.4 Å². The fourth-order valence-corrected chi connectivity index (χ4v) is 4.97. The highest BCUT2D eigenvalue weighted by atomic mass is 35.5. The number of halogens is 3. The lowest BCUT2D eigenvalue weighted by Gasteiger charge is -2.42. The Morgan fingerprint density at radius 2 is 1.59 bits per heavy atom. The van der Waals surface area contributed by atoms with Crippen LogP contribution in [0, 0.1) is 17.0 Å². The van der Waals surface area contributed by atoms with Crippen molar-refractivity contribution in [3.63, 3.8) is 0 Å². The quantitative estimate of drug-likeness (QED) is 0.550. The molecule has 0 spiro atoms. The first kappa shape index (κ1) is 24.5. The number of rotatable bonds is 6. The molecular weight excluding hydrogens is 462 g/mol. The highest BCUT2D eigenvalue weighted by Crippen LogP contribution is 2.37. The summed E-state index contributed by atoms with van der Waals surface area (Å²) in [5, 5.41) is 0.568. The van der Waals surface area contributed by atoms with Crippen molar-refractivity contribution in [1.82, 2.24) is 9.80 Å². The van der Waals surface area contributed by atoms with Crippen LogP contribution in [0.3, 0.4) is 0 Å². The van der Waals surface area contributed by atoms with Crippen molar-refractivity contribution in [1.29, 1.82) is 0 Å². The van der Waals surface area contributed by atoms with Crippen LogP contribution in [0.2, 0.25) is 5.02 Å². The first-order chi connectivity index (χ1) is 16.3. The van der Waals surface area contributed by atoms with Gasteiger partial charge in [0.1, 0.15) is 17.4 Å². The number of ether oxygens (including phenoxy) is 1. The van der Waals surface area contributed by atoms with Crippen molar-refractivity contribution in [3.05, 3.63) is 64.7 Å². The van der Waals surface area contributed by atoms with Crippen LogP contribution in [0.5, 0.6) is 5.75 Å². The Balaban J connectivity index is 1.46. The Labute approximate surface area is 203 Å². The molecule has 2 saturated heterocycles. The summed E-state index contributed by atoms with van der Waals surface area (Å²) in [5.41, 5.74) is -0.453. The highest BCUT2D eigenvalue weighted by molar-refractivity contribution is 6.30. The molecule has 0 aromatic heterocycles. The Morgan fingerprint density at radius 1 is 0.912 bits per heavy atom. The fourth-order valence-electron chi connectivity index (χ4n) is 4.79. The maximum Gasteiger partial charge on any atom is 0.254 e. The third-order valence-corrected chi connectivity index (χ3v) is 7.03. The predicted octanol–water partition coefficient (Wildman–Crippen LogP) is 5.32. The van der Waals surface area contributed by atoms with Gasteiger partial charge in [0.2, 0.25) is 5.91 Å². The van der Waals surface area contributed by atoms with Gasteiger partial charge in [-0.3, -0.25) is 9.59 Å². The van der Waals surface area contributed by atoms with Gasteiger partial charge in [0.15, 0.2) is 0 Å². The second kappa shape index (κ2) is 10.7. The first-order valence-electron chi connectivity index (χ1n) is 11.8. The van der Waals surface area contributed by atoms with Crippen LogP contribution in [-0.2, 0) is 4.79 Å². The van der Waals surface area contributed by atoms with Gasteiger partial charge < -0.3 is 14.5 Å². The molecule has 182 valence electrons. The summed E-state index contributed by atoms with van der Waals surface area (Å²) in [5.74, 6) is -1.23. The topological polar surface area (TPSA) is 49.9 Å². The molecule has 2 aromatic rings. The minimum absolute atomic E-state index is 0.00966. The predicted molar refractivity (Wildman–Crippen MR) is 126 cm³/mol. The molecule has 0 radical (unpaired) electrons. The Bertz CT molecular complexity index is 1010. The normalized spacial score (nSPS) is 18.0. The molecule has 5 nitrogen and oxygen atoms in total. The van der Waals surface area contributed by atoms with Gasteiger partial charge in [-0.15, -0.1) is 0 Å². The monoisotopic (exact) mass is 490 g/mol. The van der Waals surface area contributed by atoms with Crippen molar-refractivity contribution in [2.75, 3.05) is 32.8 Å². The van der Waals surface area contributed by atoms with E-state index < -0.39 is 23.0 Å². The van der Waals surface area contributed by atoms with E-state index in [1.165, 1.54) is 0 Å². The van der Waals surface area contributed by atoms with Crippen LogP contribution in [0.15, 0.2) is 42.5 Å². The van der Waals surface area contributed by atoms with E-state index in [1.54, 1.807) is 17.0 Å². The summed E-state index contributed by atoms with van der Waals surface area (Å²) in [4.78, 5) is 29.5. The van der Waals surface area contributed by atoms with Gasteiger partial charge in [-0.2, -0.15) is 0 Å². The molecule has 0 saturated carbocycles. The molecule has 0 bridgehead atoms. The standard InChI is InChI=1S/C26H29ClF2N2O3/c27-20-5-4-6-23(15-20)34-18-26(17-24(32)30-9-2-1-3-10-30)7-11-31(12-8-26)25(33)19-13-21(28)16-22(29)14-19/h4-6,13-16H,1-3,7-12,17-18H2. The third-order valence-electron chi connectivity index (χ3n) is 6.80. The number of likely N-dealkylation sites (tertiary alicyclic amines) is 2. The largest absolute Gasteiger partial charge is 0.493 e. The zero-order valence-corrected chi connectivity index (χ0v) is 19.8. The lowest BCUT2D eigenvalue weighted by Crippen LogP contribution is -2.48. The van der Waals surface area contributed by atoms with E-state index in [4.69, 9.17) is 16.3 Å². The first-order valence-corrected chi connectivity index (χ1v) is 12.1. The number of hydrogen-bond acceptors (Lipinski definition) is 3. The molecular formula is C26H29ClF2N2O3. The maximum atomic E-state index is 13.6. The smallest absolute Gasteiger partial charge is 0.254 e. The van der Waals surface area contributed by atoms with E-state index in [0.29, 0.717) is 49.7 Å². The van der Waals surface area contributed by atoms with E-state index in [2.05, 4.69) is 0 Å². The molecule has 8 heteroatoms. The Kier molecular flexibility index (Phi) is 7.71. The summed E-state index contributed by atoms with van der Waals surface area (Å²) in [7, 11) is 0. The van der Waals surface area contributed by atoms with Gasteiger partial charge in [0.05, 0.1) is 6.61 Å². The van der Waals surface area contributed by atoms with Gasteiger partial charge in [-0.25, -0.2) is 8.78 Å². The van der Waals surface area contributed by atoms with Gasteiger partial charge in [0, 0.05) is 54.7 Å². The zero-order valence-electron chi connectivity index (χ0n) is 19.1. The van der Waals surface area contributed by atoms with Crippen LogP contribution >= 0.6 is 11.6 Å². The summed E-state index contributed by atoms with van der Waals surface area (Å²) in [6, 6.07) is 9.98. The molecule has 4 rings (SSSR count). The Hall–Kier alpha value is -2.67. The number of nitrogens with zero attached hydrogens (tertiary/aromatic N) is 2. The van der Waals surface area contributed by atoms with Crippen molar-refractivity contribution >= 4 is 23.4 Å². The van der Waals surface area contributed by atoms with Crippen molar-refractivity contribution < 1.29 is 23.1 Å². The number of hydrogen-bond donors (Lipinski definition) is 0. The molecule has 2 heterocycles. The molecule has 2 fully saturated rings. The van der Waals surface area contributed by atoms with Crippen LogP contribution in [-0.4, -0.2) is 54.4 Å². The molecule has 0 atom stereocenters. The van der Waals surface area contributed by atoms with E-state index in [1.807, 2.05) is 17.0 Å². The highest BCUT2D eigenvalue weighted by Gasteiger charge is 2.40. The van der Waals surface area contributed by atoms with Crippen molar-refractivity contribution in [2.24, 2.45) is 5.41 Å². The van der Waals surface area contributed by atoms with Crippen LogP contribution in [0.1, 0.15) is 48.9 Å². The second-order valence-corrected chi connectivity index (χ2v) is 9.75. The molecule has 0 unspecified atom stereocenters. The van der Waals surface area contributed by atoms with E-state index in [9.17, 15) is 18.4 Å².